The van der Waals surface area contributed by atoms with Crippen molar-refractivity contribution in [3.63, 3.8) is 0 Å². The molecule has 1 amide bonds. The number of sulfonamides is 1. The van der Waals surface area contributed by atoms with E-state index in [0.717, 1.165) is 15.1 Å². The van der Waals surface area contributed by atoms with Gasteiger partial charge in [0.25, 0.3) is 5.91 Å². The Labute approximate surface area is 242 Å². The first-order valence-electron chi connectivity index (χ1n) is 12.4. The Hall–Kier alpha value is -1.69. The molecule has 3 rings (SSSR count). The summed E-state index contributed by atoms with van der Waals surface area (Å²) in [5, 5.41) is 0.636. The molecule has 0 aliphatic heterocycles. The van der Waals surface area contributed by atoms with Crippen molar-refractivity contribution in [2.75, 3.05) is 51.4 Å². The Morgan fingerprint density at radius 2 is 1.58 bits per heavy atom. The van der Waals surface area contributed by atoms with Crippen LogP contribution >= 0.6 is 35.5 Å². The average molecular weight is 599 g/mol. The van der Waals surface area contributed by atoms with Crippen LogP contribution in [0.5, 0.6) is 0 Å². The second-order valence-corrected chi connectivity index (χ2v) is 14.1. The molecule has 0 aliphatic rings. The third-order valence-electron chi connectivity index (χ3n) is 5.71. The number of aromatic nitrogens is 1. The summed E-state index contributed by atoms with van der Waals surface area (Å²) in [7, 11) is 0.266. The summed E-state index contributed by atoms with van der Waals surface area (Å²) in [5.41, 5.74) is 1.29. The van der Waals surface area contributed by atoms with Crippen LogP contribution in [0.1, 0.15) is 38.1 Å². The number of benzene rings is 2. The lowest BCUT2D eigenvalue weighted by molar-refractivity contribution is 0.0985. The maximum atomic E-state index is 13.7. The minimum atomic E-state index is -3.66. The summed E-state index contributed by atoms with van der Waals surface area (Å²) in [6.45, 7) is 10.1. The number of halogens is 1. The largest absolute Gasteiger partial charge is 0.308 e. The molecule has 0 saturated heterocycles. The van der Waals surface area contributed by atoms with E-state index in [1.807, 2.05) is 65.1 Å². The molecule has 0 N–H and O–H groups in total. The molecule has 0 fully saturated rings. The second-order valence-electron chi connectivity index (χ2n) is 10.2. The predicted molar refractivity (Wildman–Crippen MR) is 164 cm³/mol. The number of fused-ring (bicyclic) bond motifs is 1. The predicted octanol–water partition coefficient (Wildman–Crippen LogP) is 5.95. The summed E-state index contributed by atoms with van der Waals surface area (Å²) in [5.74, 6) is 0.219. The van der Waals surface area contributed by atoms with Gasteiger partial charge < -0.3 is 4.90 Å². The molecule has 0 atom stereocenters. The zero-order valence-electron chi connectivity index (χ0n) is 23.2. The summed E-state index contributed by atoms with van der Waals surface area (Å²) in [6.07, 6.45) is 2.03. The number of likely N-dealkylation sites (N-methyl/N-ethyl adjacent to an activating group) is 1. The third-order valence-corrected chi connectivity index (χ3v) is 9.32. The van der Waals surface area contributed by atoms with E-state index < -0.39 is 10.0 Å². The van der Waals surface area contributed by atoms with Crippen molar-refractivity contribution >= 4 is 66.8 Å². The zero-order chi connectivity index (χ0) is 27.3. The first-order valence-corrected chi connectivity index (χ1v) is 15.9. The Morgan fingerprint density at radius 3 is 2.11 bits per heavy atom. The van der Waals surface area contributed by atoms with Crippen LogP contribution in [0.3, 0.4) is 0 Å². The standard InChI is InChI=1S/C27H38N4O3S3.ClH/c1-19(2)17-30(18-20(3)4)37(33,34)23-11-8-21(9-12-23)26(32)31(15-14-29(5)6)27-28-24-13-10-22(35-7)16-25(24)36-27;/h8-13,16,19-20H,14-15,17-18H2,1-7H3;1H. The molecule has 38 heavy (non-hydrogen) atoms. The number of amides is 1. The number of rotatable bonds is 12. The molecule has 1 aromatic heterocycles. The minimum Gasteiger partial charge on any atom is -0.308 e. The molecule has 0 unspecified atom stereocenters. The number of carbonyl (C=O) groups is 1. The molecule has 0 saturated carbocycles. The Morgan fingerprint density at radius 1 is 0.974 bits per heavy atom. The fourth-order valence-electron chi connectivity index (χ4n) is 3.88. The molecule has 1 heterocycles. The second kappa shape index (κ2) is 14.1. The van der Waals surface area contributed by atoms with Crippen LogP contribution in [-0.4, -0.2) is 75.0 Å². The molecule has 3 aromatic rings. The molecular weight excluding hydrogens is 560 g/mol. The number of carbonyl (C=O) groups excluding carboxylic acids is 1. The van der Waals surface area contributed by atoms with Crippen molar-refractivity contribution in [3.8, 4) is 0 Å². The van der Waals surface area contributed by atoms with Gasteiger partial charge in [0.1, 0.15) is 0 Å². The molecule has 210 valence electrons. The average Bonchev–Trinajstić information content (AvgIpc) is 3.25. The van der Waals surface area contributed by atoms with Gasteiger partial charge >= 0.3 is 0 Å². The van der Waals surface area contributed by atoms with E-state index in [-0.39, 0.29) is 35.0 Å². The lowest BCUT2D eigenvalue weighted by Crippen LogP contribution is -2.37. The number of anilines is 1. The van der Waals surface area contributed by atoms with Crippen molar-refractivity contribution in [2.45, 2.75) is 37.5 Å². The van der Waals surface area contributed by atoms with Crippen molar-refractivity contribution in [1.29, 1.82) is 0 Å². The summed E-state index contributed by atoms with van der Waals surface area (Å²) < 4.78 is 29.3. The van der Waals surface area contributed by atoms with Gasteiger partial charge in [-0.1, -0.05) is 39.0 Å². The van der Waals surface area contributed by atoms with Crippen molar-refractivity contribution in [3.05, 3.63) is 48.0 Å². The quantitative estimate of drug-likeness (QED) is 0.240. The topological polar surface area (TPSA) is 73.8 Å². The van der Waals surface area contributed by atoms with E-state index in [4.69, 9.17) is 4.98 Å². The van der Waals surface area contributed by atoms with Gasteiger partial charge in [-0.25, -0.2) is 13.4 Å². The Kier molecular flexibility index (Phi) is 12.1. The van der Waals surface area contributed by atoms with Gasteiger partial charge in [-0.05, 0) is 74.7 Å². The van der Waals surface area contributed by atoms with Gasteiger partial charge in [-0.2, -0.15) is 4.31 Å². The fourth-order valence-corrected chi connectivity index (χ4v) is 7.19. The summed E-state index contributed by atoms with van der Waals surface area (Å²) in [6, 6.07) is 12.4. The van der Waals surface area contributed by atoms with E-state index in [2.05, 4.69) is 6.07 Å². The van der Waals surface area contributed by atoms with Crippen LogP contribution in [0.25, 0.3) is 10.2 Å². The third kappa shape index (κ3) is 8.16. The van der Waals surface area contributed by atoms with Crippen LogP contribution in [0.15, 0.2) is 52.3 Å². The normalized spacial score (nSPS) is 12.1. The monoisotopic (exact) mass is 598 g/mol. The molecule has 0 bridgehead atoms. The number of thioether (sulfide) groups is 1. The highest BCUT2D eigenvalue weighted by molar-refractivity contribution is 7.98. The number of hydrogen-bond acceptors (Lipinski definition) is 7. The maximum absolute atomic E-state index is 13.7. The summed E-state index contributed by atoms with van der Waals surface area (Å²) >= 11 is 3.16. The lowest BCUT2D eigenvalue weighted by Gasteiger charge is -2.26. The highest BCUT2D eigenvalue weighted by Crippen LogP contribution is 2.32. The minimum absolute atomic E-state index is 0. The van der Waals surface area contributed by atoms with Crippen LogP contribution in [0, 0.1) is 11.8 Å². The van der Waals surface area contributed by atoms with Gasteiger partial charge in [0.05, 0.1) is 15.1 Å². The molecule has 11 heteroatoms. The van der Waals surface area contributed by atoms with Gasteiger partial charge in [0.15, 0.2) is 5.13 Å². The highest BCUT2D eigenvalue weighted by Gasteiger charge is 2.27. The van der Waals surface area contributed by atoms with Gasteiger partial charge in [0, 0.05) is 36.6 Å². The van der Waals surface area contributed by atoms with E-state index in [9.17, 15) is 13.2 Å². The Bertz CT molecular complexity index is 1300. The van der Waals surface area contributed by atoms with Gasteiger partial charge in [-0.15, -0.1) is 24.2 Å². The first kappa shape index (κ1) is 32.5. The zero-order valence-corrected chi connectivity index (χ0v) is 26.4. The number of nitrogens with zero attached hydrogens (tertiary/aromatic N) is 4. The van der Waals surface area contributed by atoms with Crippen molar-refractivity contribution in [2.24, 2.45) is 11.8 Å². The van der Waals surface area contributed by atoms with Crippen LogP contribution < -0.4 is 4.90 Å². The fraction of sp³-hybridized carbons (Fsp3) is 0.481. The number of hydrogen-bond donors (Lipinski definition) is 0. The van der Waals surface area contributed by atoms with Gasteiger partial charge in [0.2, 0.25) is 10.0 Å². The number of thiazole rings is 1. The molecule has 0 radical (unpaired) electrons. The van der Waals surface area contributed by atoms with Crippen LogP contribution in [0.2, 0.25) is 0 Å². The summed E-state index contributed by atoms with van der Waals surface area (Å²) in [4.78, 5) is 23.5. The maximum Gasteiger partial charge on any atom is 0.260 e. The molecular formula is C27H39ClN4O3S3. The Balaban J connectivity index is 0.00000507. The van der Waals surface area contributed by atoms with E-state index >= 15 is 0 Å². The SMILES string of the molecule is CSc1ccc2nc(N(CCN(C)C)C(=O)c3ccc(S(=O)(=O)N(CC(C)C)CC(C)C)cc3)sc2c1.Cl. The lowest BCUT2D eigenvalue weighted by atomic mass is 10.2. The van der Waals surface area contributed by atoms with E-state index in [1.54, 1.807) is 45.2 Å². The van der Waals surface area contributed by atoms with Crippen LogP contribution in [-0.2, 0) is 10.0 Å². The van der Waals surface area contributed by atoms with Crippen molar-refractivity contribution < 1.29 is 13.2 Å². The molecule has 7 nitrogen and oxygen atoms in total. The van der Waals surface area contributed by atoms with Crippen molar-refractivity contribution in [1.82, 2.24) is 14.2 Å². The molecule has 0 aliphatic carbocycles. The first-order chi connectivity index (χ1) is 17.4. The molecule has 2 aromatic carbocycles. The van der Waals surface area contributed by atoms with Crippen LogP contribution in [0.4, 0.5) is 5.13 Å². The van der Waals surface area contributed by atoms with Gasteiger partial charge in [-0.3, -0.25) is 9.69 Å². The van der Waals surface area contributed by atoms with E-state index in [1.165, 1.54) is 11.3 Å². The highest BCUT2D eigenvalue weighted by atomic mass is 35.5. The van der Waals surface area contributed by atoms with E-state index in [0.29, 0.717) is 36.9 Å². The molecule has 0 spiro atoms. The smallest absolute Gasteiger partial charge is 0.260 e.